The zero-order valence-corrected chi connectivity index (χ0v) is 18.2. The molecule has 0 aliphatic carbocycles. The molecule has 164 valence electrons. The topological polar surface area (TPSA) is 76.4 Å². The van der Waals surface area contributed by atoms with E-state index in [1.54, 1.807) is 24.3 Å². The molecule has 0 atom stereocenters. The number of fused-ring (bicyclic) bond motifs is 1. The number of ether oxygens (including phenoxy) is 2. The molecular formula is C29H19NO4. The van der Waals surface area contributed by atoms with Crippen LogP contribution in [0.1, 0.15) is 5.56 Å². The molecule has 5 heteroatoms. The van der Waals surface area contributed by atoms with Crippen molar-refractivity contribution < 1.29 is 19.1 Å². The Labute approximate surface area is 196 Å². The van der Waals surface area contributed by atoms with Crippen LogP contribution in [0.25, 0.3) is 33.0 Å². The molecular weight excluding hydrogens is 426 g/mol. The second-order valence-corrected chi connectivity index (χ2v) is 7.34. The van der Waals surface area contributed by atoms with Crippen molar-refractivity contribution in [3.8, 4) is 39.8 Å². The van der Waals surface area contributed by atoms with Crippen molar-refractivity contribution >= 4 is 22.7 Å². The molecule has 0 aliphatic rings. The van der Waals surface area contributed by atoms with E-state index in [4.69, 9.17) is 14.7 Å². The van der Waals surface area contributed by atoms with Crippen molar-refractivity contribution in [1.82, 2.24) is 0 Å². The van der Waals surface area contributed by atoms with Crippen LogP contribution in [0.5, 0.6) is 11.5 Å². The lowest BCUT2D eigenvalue weighted by atomic mass is 9.97. The summed E-state index contributed by atoms with van der Waals surface area (Å²) in [6.45, 7) is 6.87. The Morgan fingerprint density at radius 1 is 0.647 bits per heavy atom. The number of carbonyl (C=O) groups excluding carboxylic acids is 2. The first-order chi connectivity index (χ1) is 16.5. The molecule has 5 nitrogen and oxygen atoms in total. The van der Waals surface area contributed by atoms with Gasteiger partial charge in [-0.05, 0) is 58.7 Å². The van der Waals surface area contributed by atoms with Gasteiger partial charge in [-0.1, -0.05) is 55.6 Å². The number of hydrogen-bond donors (Lipinski definition) is 0. The third kappa shape index (κ3) is 4.62. The van der Waals surface area contributed by atoms with E-state index in [1.165, 1.54) is 0 Å². The number of hydrogen-bond acceptors (Lipinski definition) is 5. The summed E-state index contributed by atoms with van der Waals surface area (Å²) in [5.74, 6) is -0.510. The lowest BCUT2D eigenvalue weighted by Gasteiger charge is -2.12. The summed E-state index contributed by atoms with van der Waals surface area (Å²) in [6.07, 6.45) is 2.17. The number of esters is 2. The number of nitriles is 1. The third-order valence-electron chi connectivity index (χ3n) is 5.26. The van der Waals surface area contributed by atoms with Gasteiger partial charge in [0.2, 0.25) is 0 Å². The molecule has 0 radical (unpaired) electrons. The minimum absolute atomic E-state index is 0.328. The number of nitrogens with zero attached hydrogens (tertiary/aromatic N) is 1. The Kier molecular flexibility index (Phi) is 6.33. The van der Waals surface area contributed by atoms with E-state index in [1.807, 2.05) is 54.6 Å². The maximum atomic E-state index is 11.8. The van der Waals surface area contributed by atoms with E-state index in [2.05, 4.69) is 19.2 Å². The van der Waals surface area contributed by atoms with Gasteiger partial charge in [-0.2, -0.15) is 5.26 Å². The molecule has 0 bridgehead atoms. The molecule has 0 aromatic heterocycles. The summed E-state index contributed by atoms with van der Waals surface area (Å²) in [4.78, 5) is 23.6. The summed E-state index contributed by atoms with van der Waals surface area (Å²) in [6, 6.07) is 26.3. The van der Waals surface area contributed by atoms with E-state index < -0.39 is 11.9 Å². The van der Waals surface area contributed by atoms with Crippen LogP contribution in [0.4, 0.5) is 0 Å². The SMILES string of the molecule is C=CC(=O)Oc1ccc(OC(=O)C=C)c2cc(-c3ccc(-c4ccc(C#N)cc4)cc3)ccc12. The van der Waals surface area contributed by atoms with Crippen LogP contribution in [-0.2, 0) is 9.59 Å². The lowest BCUT2D eigenvalue weighted by Crippen LogP contribution is -2.06. The minimum atomic E-state index is -0.589. The molecule has 0 spiro atoms. The Morgan fingerprint density at radius 2 is 1.09 bits per heavy atom. The first-order valence-electron chi connectivity index (χ1n) is 10.4. The third-order valence-corrected chi connectivity index (χ3v) is 5.26. The highest BCUT2D eigenvalue weighted by Crippen LogP contribution is 2.37. The molecule has 0 saturated heterocycles. The van der Waals surface area contributed by atoms with Gasteiger partial charge < -0.3 is 9.47 Å². The van der Waals surface area contributed by atoms with Crippen molar-refractivity contribution in [2.45, 2.75) is 0 Å². The highest BCUT2D eigenvalue weighted by atomic mass is 16.5. The van der Waals surface area contributed by atoms with Gasteiger partial charge in [0.05, 0.1) is 11.6 Å². The Hall–Kier alpha value is -4.95. The van der Waals surface area contributed by atoms with Crippen LogP contribution >= 0.6 is 0 Å². The fourth-order valence-electron chi connectivity index (χ4n) is 3.54. The Morgan fingerprint density at radius 3 is 1.59 bits per heavy atom. The van der Waals surface area contributed by atoms with Crippen molar-refractivity contribution in [2.24, 2.45) is 0 Å². The number of benzene rings is 4. The van der Waals surface area contributed by atoms with Gasteiger partial charge in [0.1, 0.15) is 11.5 Å². The monoisotopic (exact) mass is 445 g/mol. The predicted octanol–water partition coefficient (Wildman–Crippen LogP) is 6.23. The van der Waals surface area contributed by atoms with E-state index >= 15 is 0 Å². The molecule has 0 amide bonds. The van der Waals surface area contributed by atoms with Crippen LogP contribution in [0, 0.1) is 11.3 Å². The van der Waals surface area contributed by atoms with Crippen molar-refractivity contribution in [3.05, 3.63) is 110 Å². The molecule has 4 aromatic rings. The van der Waals surface area contributed by atoms with Crippen molar-refractivity contribution in [2.75, 3.05) is 0 Å². The molecule has 0 unspecified atom stereocenters. The standard InChI is InChI=1S/C29H19NO4/c1-3-28(31)33-26-15-16-27(34-29(32)4-2)25-17-23(13-14-24(25)26)22-11-9-21(10-12-22)20-7-5-19(18-30)6-8-20/h3-17H,1-2H2. The van der Waals surface area contributed by atoms with Crippen LogP contribution in [0.2, 0.25) is 0 Å². The van der Waals surface area contributed by atoms with Gasteiger partial charge >= 0.3 is 11.9 Å². The second kappa shape index (κ2) is 9.68. The van der Waals surface area contributed by atoms with Gasteiger partial charge in [-0.3, -0.25) is 0 Å². The van der Waals surface area contributed by atoms with E-state index in [0.29, 0.717) is 27.8 Å². The van der Waals surface area contributed by atoms with Gasteiger partial charge in [-0.15, -0.1) is 0 Å². The van der Waals surface area contributed by atoms with Crippen LogP contribution < -0.4 is 9.47 Å². The zero-order chi connectivity index (χ0) is 24.1. The van der Waals surface area contributed by atoms with E-state index in [9.17, 15) is 9.59 Å². The minimum Gasteiger partial charge on any atom is -0.423 e. The van der Waals surface area contributed by atoms with Crippen molar-refractivity contribution in [3.63, 3.8) is 0 Å². The summed E-state index contributed by atoms with van der Waals surface area (Å²) < 4.78 is 10.8. The first-order valence-corrected chi connectivity index (χ1v) is 10.4. The Balaban J connectivity index is 1.74. The maximum Gasteiger partial charge on any atom is 0.335 e. The summed E-state index contributed by atoms with van der Waals surface area (Å²) in [5.41, 5.74) is 4.49. The van der Waals surface area contributed by atoms with Gasteiger partial charge in [0, 0.05) is 22.9 Å². The molecule has 0 fully saturated rings. The van der Waals surface area contributed by atoms with Crippen LogP contribution in [0.15, 0.2) is 104 Å². The smallest absolute Gasteiger partial charge is 0.335 e. The van der Waals surface area contributed by atoms with Gasteiger partial charge in [-0.25, -0.2) is 9.59 Å². The highest BCUT2D eigenvalue weighted by Gasteiger charge is 2.13. The van der Waals surface area contributed by atoms with E-state index in [0.717, 1.165) is 34.4 Å². The van der Waals surface area contributed by atoms with Crippen LogP contribution in [-0.4, -0.2) is 11.9 Å². The summed E-state index contributed by atoms with van der Waals surface area (Å²) in [7, 11) is 0. The fraction of sp³-hybridized carbons (Fsp3) is 0. The molecule has 0 N–H and O–H groups in total. The molecule has 0 saturated carbocycles. The average molecular weight is 445 g/mol. The molecule has 0 heterocycles. The molecule has 4 aromatic carbocycles. The number of carbonyl (C=O) groups is 2. The largest absolute Gasteiger partial charge is 0.423 e. The van der Waals surface area contributed by atoms with Crippen molar-refractivity contribution in [1.29, 1.82) is 5.26 Å². The average Bonchev–Trinajstić information content (AvgIpc) is 2.89. The lowest BCUT2D eigenvalue weighted by molar-refractivity contribution is -0.129. The first kappa shape index (κ1) is 22.3. The molecule has 0 aliphatic heterocycles. The Bertz CT molecular complexity index is 1460. The van der Waals surface area contributed by atoms with Gasteiger partial charge in [0.15, 0.2) is 0 Å². The van der Waals surface area contributed by atoms with E-state index in [-0.39, 0.29) is 0 Å². The summed E-state index contributed by atoms with van der Waals surface area (Å²) in [5, 5.41) is 10.2. The number of rotatable bonds is 6. The van der Waals surface area contributed by atoms with Crippen LogP contribution in [0.3, 0.4) is 0 Å². The summed E-state index contributed by atoms with van der Waals surface area (Å²) >= 11 is 0. The highest BCUT2D eigenvalue weighted by molar-refractivity contribution is 5.99. The normalized spacial score (nSPS) is 10.2. The quantitative estimate of drug-likeness (QED) is 0.200. The predicted molar refractivity (Wildman–Crippen MR) is 131 cm³/mol. The van der Waals surface area contributed by atoms with Gasteiger partial charge in [0.25, 0.3) is 0 Å². The zero-order valence-electron chi connectivity index (χ0n) is 18.2. The fourth-order valence-corrected chi connectivity index (χ4v) is 3.54. The maximum absolute atomic E-state index is 11.8. The molecule has 34 heavy (non-hydrogen) atoms. The molecule has 4 rings (SSSR count). The second-order valence-electron chi connectivity index (χ2n) is 7.34.